The van der Waals surface area contributed by atoms with Crippen LogP contribution in [-0.2, 0) is 16.0 Å². The van der Waals surface area contributed by atoms with Crippen molar-refractivity contribution in [2.45, 2.75) is 6.42 Å². The second kappa shape index (κ2) is 9.74. The van der Waals surface area contributed by atoms with Crippen LogP contribution in [0.25, 0.3) is 0 Å². The van der Waals surface area contributed by atoms with E-state index in [1.165, 1.54) is 31.6 Å². The number of ether oxygens (including phenoxy) is 1. The largest absolute Gasteiger partial charge is 0.469 e. The molecule has 0 saturated heterocycles. The molecule has 2 aromatic rings. The first-order valence-electron chi connectivity index (χ1n) is 6.36. The summed E-state index contributed by atoms with van der Waals surface area (Å²) in [5, 5.41) is 20.6. The van der Waals surface area contributed by atoms with Crippen LogP contribution < -0.4 is 0 Å². The maximum Gasteiger partial charge on any atom is 0.367 e. The smallest absolute Gasteiger partial charge is 0.367 e. The number of aromatic nitrogens is 2. The predicted octanol–water partition coefficient (Wildman–Crippen LogP) is 3.22. The molecular formula is C13H10Br2N4O6. The lowest BCUT2D eigenvalue weighted by atomic mass is 10.2. The number of carbonyl (C=O) groups is 1. The number of hydrogen-bond acceptors (Lipinski definition) is 8. The van der Waals surface area contributed by atoms with E-state index in [0.717, 1.165) is 4.47 Å². The van der Waals surface area contributed by atoms with E-state index in [0.29, 0.717) is 4.47 Å². The van der Waals surface area contributed by atoms with Gasteiger partial charge in [0.05, 0.1) is 28.0 Å². The minimum atomic E-state index is -0.634. The number of esters is 1. The van der Waals surface area contributed by atoms with Crippen LogP contribution in [0, 0.1) is 20.2 Å². The number of rotatable bonds is 4. The Hall–Kier alpha value is -2.47. The summed E-state index contributed by atoms with van der Waals surface area (Å²) in [6.45, 7) is 0. The molecular weight excluding hydrogens is 468 g/mol. The molecule has 0 saturated carbocycles. The SMILES string of the molecule is COC(=O)Cc1cc(Br)cnc1[N+](=O)[O-].O=[N+]([O-])c1ccc(Br)cn1. The summed E-state index contributed by atoms with van der Waals surface area (Å²) in [6.07, 6.45) is 2.52. The Balaban J connectivity index is 0.000000271. The van der Waals surface area contributed by atoms with Gasteiger partial charge in [0.15, 0.2) is 12.4 Å². The Kier molecular flexibility index (Phi) is 8.01. The van der Waals surface area contributed by atoms with Gasteiger partial charge in [-0.15, -0.1) is 0 Å². The van der Waals surface area contributed by atoms with Crippen LogP contribution in [0.5, 0.6) is 0 Å². The number of nitrogens with zero attached hydrogens (tertiary/aromatic N) is 4. The highest BCUT2D eigenvalue weighted by molar-refractivity contribution is 9.10. The molecule has 25 heavy (non-hydrogen) atoms. The topological polar surface area (TPSA) is 138 Å². The van der Waals surface area contributed by atoms with Gasteiger partial charge in [0.2, 0.25) is 0 Å². The third-order valence-corrected chi connectivity index (χ3v) is 3.45. The zero-order valence-corrected chi connectivity index (χ0v) is 15.8. The Morgan fingerprint density at radius 1 is 1.12 bits per heavy atom. The quantitative estimate of drug-likeness (QED) is 0.371. The van der Waals surface area contributed by atoms with Gasteiger partial charge in [-0.2, -0.15) is 0 Å². The van der Waals surface area contributed by atoms with E-state index >= 15 is 0 Å². The van der Waals surface area contributed by atoms with E-state index in [1.54, 1.807) is 6.07 Å². The molecule has 0 atom stereocenters. The normalized spacial score (nSPS) is 9.56. The van der Waals surface area contributed by atoms with Crippen LogP contribution in [0.2, 0.25) is 0 Å². The van der Waals surface area contributed by atoms with Gasteiger partial charge < -0.3 is 25.0 Å². The van der Waals surface area contributed by atoms with Crippen molar-refractivity contribution in [3.05, 3.63) is 65.3 Å². The monoisotopic (exact) mass is 476 g/mol. The Morgan fingerprint density at radius 3 is 2.24 bits per heavy atom. The molecule has 2 aromatic heterocycles. The van der Waals surface area contributed by atoms with E-state index in [2.05, 4.69) is 46.6 Å². The molecule has 0 radical (unpaired) electrons. The predicted molar refractivity (Wildman–Crippen MR) is 92.9 cm³/mol. The Morgan fingerprint density at radius 2 is 1.76 bits per heavy atom. The minimum absolute atomic E-state index is 0.136. The summed E-state index contributed by atoms with van der Waals surface area (Å²) in [4.78, 5) is 37.6. The lowest BCUT2D eigenvalue weighted by molar-refractivity contribution is -0.390. The standard InChI is InChI=1S/C8H7BrN2O4.C5H3BrN2O2/c1-15-7(12)3-5-2-6(9)4-10-8(5)11(13)14;6-4-1-2-5(7-3-4)8(9)10/h2,4H,3H2,1H3;1-3H. The second-order valence-corrected chi connectivity index (χ2v) is 6.07. The van der Waals surface area contributed by atoms with Crippen molar-refractivity contribution in [1.82, 2.24) is 9.97 Å². The van der Waals surface area contributed by atoms with E-state index in [4.69, 9.17) is 0 Å². The summed E-state index contributed by atoms with van der Waals surface area (Å²) in [7, 11) is 1.22. The highest BCUT2D eigenvalue weighted by Crippen LogP contribution is 2.20. The van der Waals surface area contributed by atoms with Gasteiger partial charge in [0.25, 0.3) is 0 Å². The van der Waals surface area contributed by atoms with Gasteiger partial charge in [0, 0.05) is 6.07 Å². The van der Waals surface area contributed by atoms with E-state index in [1.807, 2.05) is 0 Å². The van der Waals surface area contributed by atoms with Crippen LogP contribution in [-0.4, -0.2) is 32.9 Å². The van der Waals surface area contributed by atoms with Crippen LogP contribution in [0.3, 0.4) is 0 Å². The average molecular weight is 478 g/mol. The van der Waals surface area contributed by atoms with Crippen molar-refractivity contribution in [2.24, 2.45) is 0 Å². The molecule has 0 bridgehead atoms. The van der Waals surface area contributed by atoms with Crippen molar-refractivity contribution in [3.8, 4) is 0 Å². The molecule has 0 aliphatic rings. The summed E-state index contributed by atoms with van der Waals surface area (Å²) < 4.78 is 5.73. The molecule has 0 unspecified atom stereocenters. The molecule has 0 aromatic carbocycles. The van der Waals surface area contributed by atoms with Gasteiger partial charge in [-0.05, 0) is 63.8 Å². The molecule has 132 valence electrons. The van der Waals surface area contributed by atoms with E-state index in [-0.39, 0.29) is 23.6 Å². The van der Waals surface area contributed by atoms with Gasteiger partial charge >= 0.3 is 17.6 Å². The first-order valence-corrected chi connectivity index (χ1v) is 7.94. The molecule has 10 nitrogen and oxygen atoms in total. The lowest BCUT2D eigenvalue weighted by Gasteiger charge is -2.01. The lowest BCUT2D eigenvalue weighted by Crippen LogP contribution is -2.07. The molecule has 2 heterocycles. The zero-order valence-electron chi connectivity index (χ0n) is 12.6. The molecule has 0 amide bonds. The number of hydrogen-bond donors (Lipinski definition) is 0. The van der Waals surface area contributed by atoms with E-state index < -0.39 is 15.8 Å². The van der Waals surface area contributed by atoms with Gasteiger partial charge in [0.1, 0.15) is 0 Å². The maximum absolute atomic E-state index is 11.0. The fourth-order valence-corrected chi connectivity index (χ4v) is 2.09. The zero-order chi connectivity index (χ0) is 19.0. The van der Waals surface area contributed by atoms with Gasteiger partial charge in [-0.3, -0.25) is 4.79 Å². The number of nitro groups is 2. The number of carbonyl (C=O) groups excluding carboxylic acids is 1. The van der Waals surface area contributed by atoms with Crippen molar-refractivity contribution in [2.75, 3.05) is 7.11 Å². The molecule has 0 spiro atoms. The van der Waals surface area contributed by atoms with Gasteiger partial charge in [-0.1, -0.05) is 0 Å². The number of halogens is 2. The minimum Gasteiger partial charge on any atom is -0.469 e. The first kappa shape index (κ1) is 20.6. The second-order valence-electron chi connectivity index (χ2n) is 4.24. The van der Waals surface area contributed by atoms with Crippen LogP contribution in [0.15, 0.2) is 39.5 Å². The molecule has 0 aliphatic carbocycles. The molecule has 12 heteroatoms. The first-order chi connectivity index (χ1) is 11.7. The summed E-state index contributed by atoms with van der Waals surface area (Å²) in [5.74, 6) is -1.01. The third-order valence-electron chi connectivity index (χ3n) is 2.54. The molecule has 0 aliphatic heterocycles. The van der Waals surface area contributed by atoms with E-state index in [9.17, 15) is 25.0 Å². The van der Waals surface area contributed by atoms with Crippen molar-refractivity contribution in [1.29, 1.82) is 0 Å². The summed E-state index contributed by atoms with van der Waals surface area (Å²) in [5.41, 5.74) is 0.223. The highest BCUT2D eigenvalue weighted by atomic mass is 79.9. The number of methoxy groups -OCH3 is 1. The van der Waals surface area contributed by atoms with Crippen molar-refractivity contribution >= 4 is 49.5 Å². The third kappa shape index (κ3) is 6.89. The summed E-state index contributed by atoms with van der Waals surface area (Å²) >= 11 is 6.23. The van der Waals surface area contributed by atoms with Crippen LogP contribution in [0.1, 0.15) is 5.56 Å². The number of pyridine rings is 2. The summed E-state index contributed by atoms with van der Waals surface area (Å²) in [6, 6.07) is 4.39. The fraction of sp³-hybridized carbons (Fsp3) is 0.154. The van der Waals surface area contributed by atoms with Crippen LogP contribution in [0.4, 0.5) is 11.6 Å². The Labute approximate surface area is 157 Å². The molecule has 2 rings (SSSR count). The van der Waals surface area contributed by atoms with Crippen molar-refractivity contribution < 1.29 is 19.4 Å². The molecule has 0 fully saturated rings. The highest BCUT2D eigenvalue weighted by Gasteiger charge is 2.18. The average Bonchev–Trinajstić information content (AvgIpc) is 2.55. The molecule has 0 N–H and O–H groups in total. The maximum atomic E-state index is 11.0. The van der Waals surface area contributed by atoms with Crippen LogP contribution >= 0.6 is 31.9 Å². The van der Waals surface area contributed by atoms with Gasteiger partial charge in [-0.25, -0.2) is 0 Å². The van der Waals surface area contributed by atoms with Crippen molar-refractivity contribution in [3.63, 3.8) is 0 Å². The Bertz CT molecular complexity index is 785. The fourth-order valence-electron chi connectivity index (χ4n) is 1.47.